The predicted molar refractivity (Wildman–Crippen MR) is 102 cm³/mol. The van der Waals surface area contributed by atoms with Crippen LogP contribution >= 0.6 is 0 Å². The molecule has 26 heavy (non-hydrogen) atoms. The number of aromatic amines is 1. The lowest BCUT2D eigenvalue weighted by atomic mass is 10.0. The summed E-state index contributed by atoms with van der Waals surface area (Å²) in [5, 5.41) is 0.637. The van der Waals surface area contributed by atoms with Crippen molar-refractivity contribution >= 4 is 10.9 Å². The molecule has 0 unspecified atom stereocenters. The molecule has 0 spiro atoms. The van der Waals surface area contributed by atoms with E-state index in [4.69, 9.17) is 4.74 Å². The highest BCUT2D eigenvalue weighted by atomic mass is 16.5. The van der Waals surface area contributed by atoms with E-state index in [0.717, 1.165) is 24.4 Å². The number of fused-ring (bicyclic) bond motifs is 1. The second-order valence-electron chi connectivity index (χ2n) is 6.85. The minimum atomic E-state index is -0.0689. The molecular weight excluding hydrogens is 326 g/mol. The molecule has 0 bridgehead atoms. The van der Waals surface area contributed by atoms with Gasteiger partial charge in [0.2, 0.25) is 0 Å². The van der Waals surface area contributed by atoms with E-state index in [1.54, 1.807) is 6.07 Å². The maximum atomic E-state index is 12.3. The molecule has 1 fully saturated rings. The maximum absolute atomic E-state index is 12.3. The first-order valence-corrected chi connectivity index (χ1v) is 9.09. The van der Waals surface area contributed by atoms with Crippen molar-refractivity contribution in [2.75, 3.05) is 19.7 Å². The van der Waals surface area contributed by atoms with E-state index in [1.807, 2.05) is 24.3 Å². The number of para-hydroxylation sites is 1. The Hall–Kier alpha value is -2.50. The van der Waals surface area contributed by atoms with Crippen molar-refractivity contribution in [1.82, 2.24) is 14.9 Å². The predicted octanol–water partition coefficient (Wildman–Crippen LogP) is 2.93. The van der Waals surface area contributed by atoms with E-state index in [1.165, 1.54) is 5.56 Å². The van der Waals surface area contributed by atoms with Gasteiger partial charge in [-0.3, -0.25) is 9.69 Å². The third-order valence-corrected chi connectivity index (χ3v) is 4.95. The Morgan fingerprint density at radius 3 is 2.77 bits per heavy atom. The molecule has 134 valence electrons. The molecule has 0 radical (unpaired) electrons. The summed E-state index contributed by atoms with van der Waals surface area (Å²) in [5.74, 6) is 0.736. The second-order valence-corrected chi connectivity index (χ2v) is 6.85. The van der Waals surface area contributed by atoms with Crippen LogP contribution in [0.15, 0.2) is 59.4 Å². The largest absolute Gasteiger partial charge is 0.375 e. The molecule has 4 rings (SSSR count). The van der Waals surface area contributed by atoms with Crippen LogP contribution in [0.5, 0.6) is 0 Å². The topological polar surface area (TPSA) is 58.2 Å². The lowest BCUT2D eigenvalue weighted by Crippen LogP contribution is -2.44. The summed E-state index contributed by atoms with van der Waals surface area (Å²) in [5.41, 5.74) is 1.95. The summed E-state index contributed by atoms with van der Waals surface area (Å²) < 4.78 is 5.89. The molecule has 1 N–H and O–H groups in total. The molecule has 2 aromatic carbocycles. The molecular formula is C21H23N3O2. The van der Waals surface area contributed by atoms with Crippen molar-refractivity contribution in [3.05, 3.63) is 76.3 Å². The Kier molecular flexibility index (Phi) is 4.82. The van der Waals surface area contributed by atoms with Crippen LogP contribution in [0.1, 0.15) is 24.4 Å². The molecule has 1 aromatic heterocycles. The lowest BCUT2D eigenvalue weighted by molar-refractivity contribution is -0.0559. The Bertz CT molecular complexity index is 939. The van der Waals surface area contributed by atoms with Gasteiger partial charge in [0.05, 0.1) is 29.7 Å². The third kappa shape index (κ3) is 3.54. The molecule has 3 aromatic rings. The van der Waals surface area contributed by atoms with Crippen molar-refractivity contribution in [3.8, 4) is 0 Å². The van der Waals surface area contributed by atoms with Crippen molar-refractivity contribution in [3.63, 3.8) is 0 Å². The number of benzene rings is 2. The number of ether oxygens (including phenoxy) is 1. The van der Waals surface area contributed by atoms with Crippen molar-refractivity contribution < 1.29 is 4.74 Å². The van der Waals surface area contributed by atoms with Gasteiger partial charge in [-0.25, -0.2) is 4.98 Å². The number of hydrogen-bond acceptors (Lipinski definition) is 4. The zero-order chi connectivity index (χ0) is 17.9. The van der Waals surface area contributed by atoms with Crippen LogP contribution in [0.2, 0.25) is 0 Å². The van der Waals surface area contributed by atoms with Crippen LogP contribution in [0, 0.1) is 0 Å². The number of morpholine rings is 1. The van der Waals surface area contributed by atoms with E-state index in [0.29, 0.717) is 18.4 Å². The molecule has 0 saturated carbocycles. The quantitative estimate of drug-likeness (QED) is 0.787. The molecule has 2 atom stereocenters. The van der Waals surface area contributed by atoms with Crippen LogP contribution in [0.4, 0.5) is 0 Å². The van der Waals surface area contributed by atoms with E-state index < -0.39 is 0 Å². The van der Waals surface area contributed by atoms with Crippen LogP contribution < -0.4 is 5.56 Å². The molecule has 1 saturated heterocycles. The van der Waals surface area contributed by atoms with Crippen LogP contribution in [-0.2, 0) is 11.2 Å². The van der Waals surface area contributed by atoms with E-state index in [-0.39, 0.29) is 17.7 Å². The van der Waals surface area contributed by atoms with Crippen molar-refractivity contribution in [2.24, 2.45) is 0 Å². The summed E-state index contributed by atoms with van der Waals surface area (Å²) in [6.45, 7) is 4.49. The number of rotatable bonds is 4. The van der Waals surface area contributed by atoms with Crippen LogP contribution in [0.25, 0.3) is 10.9 Å². The first kappa shape index (κ1) is 16.9. The smallest absolute Gasteiger partial charge is 0.258 e. The van der Waals surface area contributed by atoms with Gasteiger partial charge in [0, 0.05) is 19.5 Å². The Labute approximate surface area is 152 Å². The summed E-state index contributed by atoms with van der Waals surface area (Å²) in [6.07, 6.45) is 0.912. The summed E-state index contributed by atoms with van der Waals surface area (Å²) >= 11 is 0. The molecule has 5 nitrogen and oxygen atoms in total. The van der Waals surface area contributed by atoms with E-state index in [9.17, 15) is 4.79 Å². The Balaban J connectivity index is 1.54. The monoisotopic (exact) mass is 349 g/mol. The number of aromatic nitrogens is 2. The summed E-state index contributed by atoms with van der Waals surface area (Å²) in [6, 6.07) is 18.1. The second kappa shape index (κ2) is 7.40. The van der Waals surface area contributed by atoms with Gasteiger partial charge in [-0.1, -0.05) is 42.5 Å². The van der Waals surface area contributed by atoms with Gasteiger partial charge in [-0.05, 0) is 24.6 Å². The highest BCUT2D eigenvalue weighted by Crippen LogP contribution is 2.26. The van der Waals surface area contributed by atoms with E-state index in [2.05, 4.69) is 46.1 Å². The normalized spacial score (nSPS) is 21.1. The van der Waals surface area contributed by atoms with Gasteiger partial charge < -0.3 is 9.72 Å². The maximum Gasteiger partial charge on any atom is 0.258 e. The zero-order valence-electron chi connectivity index (χ0n) is 14.9. The third-order valence-electron chi connectivity index (χ3n) is 4.95. The van der Waals surface area contributed by atoms with Crippen LogP contribution in [-0.4, -0.2) is 40.7 Å². The first-order valence-electron chi connectivity index (χ1n) is 9.09. The number of hydrogen-bond donors (Lipinski definition) is 1. The zero-order valence-corrected chi connectivity index (χ0v) is 14.9. The minimum absolute atomic E-state index is 0.0689. The van der Waals surface area contributed by atoms with Gasteiger partial charge in [0.25, 0.3) is 5.56 Å². The highest BCUT2D eigenvalue weighted by Gasteiger charge is 2.27. The van der Waals surface area contributed by atoms with Gasteiger partial charge >= 0.3 is 0 Å². The average Bonchev–Trinajstić information content (AvgIpc) is 2.67. The molecule has 0 amide bonds. The Morgan fingerprint density at radius 2 is 1.92 bits per heavy atom. The summed E-state index contributed by atoms with van der Waals surface area (Å²) in [7, 11) is 0. The first-order chi connectivity index (χ1) is 12.7. The van der Waals surface area contributed by atoms with Crippen molar-refractivity contribution in [1.29, 1.82) is 0 Å². The molecule has 2 heterocycles. The fraction of sp³-hybridized carbons (Fsp3) is 0.333. The fourth-order valence-electron chi connectivity index (χ4n) is 3.60. The number of nitrogens with zero attached hydrogens (tertiary/aromatic N) is 2. The van der Waals surface area contributed by atoms with Crippen molar-refractivity contribution in [2.45, 2.75) is 25.5 Å². The fourth-order valence-corrected chi connectivity index (χ4v) is 3.60. The van der Waals surface area contributed by atoms with Gasteiger partial charge in [0.1, 0.15) is 5.82 Å². The highest BCUT2D eigenvalue weighted by molar-refractivity contribution is 5.77. The molecule has 1 aliphatic heterocycles. The molecule has 0 aliphatic carbocycles. The van der Waals surface area contributed by atoms with Crippen LogP contribution in [0.3, 0.4) is 0 Å². The SMILES string of the molecule is C[C@@H]1CN(CCc2nc3ccccc3c(=O)[nH]2)[C@@H](c2ccccc2)CO1. The van der Waals surface area contributed by atoms with Gasteiger partial charge in [-0.15, -0.1) is 0 Å². The minimum Gasteiger partial charge on any atom is -0.375 e. The lowest BCUT2D eigenvalue weighted by Gasteiger charge is -2.38. The average molecular weight is 349 g/mol. The van der Waals surface area contributed by atoms with Gasteiger partial charge in [-0.2, -0.15) is 0 Å². The van der Waals surface area contributed by atoms with Gasteiger partial charge in [0.15, 0.2) is 0 Å². The molecule has 1 aliphatic rings. The molecule has 5 heteroatoms. The Morgan fingerprint density at radius 1 is 1.15 bits per heavy atom. The number of nitrogens with one attached hydrogen (secondary N) is 1. The standard InChI is InChI=1S/C21H23N3O2/c1-15-13-24(19(14-26-15)16-7-3-2-4-8-16)12-11-20-22-18-10-6-5-9-17(18)21(25)23-20/h2-10,15,19H,11-14H2,1H3,(H,22,23,25)/t15-,19-/m1/s1. The summed E-state index contributed by atoms with van der Waals surface area (Å²) in [4.78, 5) is 22.2. The van der Waals surface area contributed by atoms with E-state index >= 15 is 0 Å². The number of H-pyrrole nitrogens is 1.